The summed E-state index contributed by atoms with van der Waals surface area (Å²) >= 11 is 5.95. The molecule has 1 fully saturated rings. The number of amides is 1. The lowest BCUT2D eigenvalue weighted by atomic mass is 9.96. The molecule has 1 aliphatic heterocycles. The molecule has 3 aromatic rings. The summed E-state index contributed by atoms with van der Waals surface area (Å²) in [6.07, 6.45) is 1.63. The van der Waals surface area contributed by atoms with E-state index in [1.807, 2.05) is 24.3 Å². The first-order valence-corrected chi connectivity index (χ1v) is 11.7. The van der Waals surface area contributed by atoms with Gasteiger partial charge in [-0.1, -0.05) is 35.9 Å². The molecule has 9 heteroatoms. The fourth-order valence-corrected chi connectivity index (χ4v) is 5.18. The third-order valence-electron chi connectivity index (χ3n) is 5.26. The van der Waals surface area contributed by atoms with E-state index in [0.717, 1.165) is 29.8 Å². The number of sulfonamides is 1. The van der Waals surface area contributed by atoms with Gasteiger partial charge in [0.05, 0.1) is 5.02 Å². The molecule has 0 unspecified atom stereocenters. The quantitative estimate of drug-likeness (QED) is 0.623. The number of aromatic nitrogens is 1. The molecule has 2 aromatic carbocycles. The highest BCUT2D eigenvalue weighted by atomic mass is 35.5. The molecule has 1 N–H and O–H groups in total. The van der Waals surface area contributed by atoms with Crippen molar-refractivity contribution in [3.63, 3.8) is 0 Å². The first kappa shape index (κ1) is 20.8. The summed E-state index contributed by atoms with van der Waals surface area (Å²) in [4.78, 5) is 18.8. The SMILES string of the molecule is O=C(CCNS(=O)(=O)c1ccccc1Cl)N1CCC(c2nc3ccccc3o2)CC1. The van der Waals surface area contributed by atoms with Gasteiger partial charge in [0.25, 0.3) is 0 Å². The van der Waals surface area contributed by atoms with E-state index in [1.54, 1.807) is 17.0 Å². The molecule has 1 aliphatic rings. The van der Waals surface area contributed by atoms with Gasteiger partial charge in [0.1, 0.15) is 10.4 Å². The zero-order chi connectivity index (χ0) is 21.1. The largest absolute Gasteiger partial charge is 0.440 e. The predicted octanol–water partition coefficient (Wildman–Crippen LogP) is 3.56. The number of nitrogens with zero attached hydrogens (tertiary/aromatic N) is 2. The van der Waals surface area contributed by atoms with E-state index < -0.39 is 10.0 Å². The van der Waals surface area contributed by atoms with E-state index in [4.69, 9.17) is 16.0 Å². The fraction of sp³-hybridized carbons (Fsp3) is 0.333. The van der Waals surface area contributed by atoms with Gasteiger partial charge in [-0.25, -0.2) is 18.1 Å². The fourth-order valence-electron chi connectivity index (χ4n) is 3.63. The molecule has 0 bridgehead atoms. The maximum atomic E-state index is 12.5. The number of halogens is 1. The van der Waals surface area contributed by atoms with E-state index >= 15 is 0 Å². The van der Waals surface area contributed by atoms with Crippen molar-refractivity contribution >= 4 is 38.6 Å². The van der Waals surface area contributed by atoms with Crippen LogP contribution >= 0.6 is 11.6 Å². The number of para-hydroxylation sites is 2. The zero-order valence-electron chi connectivity index (χ0n) is 16.3. The summed E-state index contributed by atoms with van der Waals surface area (Å²) in [6, 6.07) is 13.9. The molecule has 158 valence electrons. The molecular weight excluding hydrogens is 426 g/mol. The Bertz CT molecular complexity index is 1120. The first-order chi connectivity index (χ1) is 14.4. The Labute approximate surface area is 180 Å². The van der Waals surface area contributed by atoms with E-state index in [2.05, 4.69) is 9.71 Å². The number of likely N-dealkylation sites (tertiary alicyclic amines) is 1. The Kier molecular flexibility index (Phi) is 6.08. The van der Waals surface area contributed by atoms with Crippen molar-refractivity contribution in [2.24, 2.45) is 0 Å². The monoisotopic (exact) mass is 447 g/mol. The van der Waals surface area contributed by atoms with Crippen LogP contribution in [0.15, 0.2) is 57.8 Å². The van der Waals surface area contributed by atoms with Crippen molar-refractivity contribution in [3.05, 3.63) is 59.4 Å². The number of piperidine rings is 1. The van der Waals surface area contributed by atoms with Crippen LogP contribution in [-0.4, -0.2) is 43.8 Å². The molecule has 0 spiro atoms. The summed E-state index contributed by atoms with van der Waals surface area (Å²) < 4.78 is 33.0. The molecule has 0 aliphatic carbocycles. The maximum Gasteiger partial charge on any atom is 0.242 e. The second-order valence-electron chi connectivity index (χ2n) is 7.25. The molecule has 4 rings (SSSR count). The lowest BCUT2D eigenvalue weighted by molar-refractivity contribution is -0.132. The van der Waals surface area contributed by atoms with Crippen molar-refractivity contribution in [3.8, 4) is 0 Å². The van der Waals surface area contributed by atoms with E-state index in [-0.39, 0.29) is 34.7 Å². The predicted molar refractivity (Wildman–Crippen MR) is 114 cm³/mol. The molecule has 1 saturated heterocycles. The molecule has 1 amide bonds. The molecule has 30 heavy (non-hydrogen) atoms. The number of hydrogen-bond donors (Lipinski definition) is 1. The van der Waals surface area contributed by atoms with Crippen LogP contribution in [0.3, 0.4) is 0 Å². The normalized spacial score (nSPS) is 15.6. The smallest absolute Gasteiger partial charge is 0.242 e. The van der Waals surface area contributed by atoms with Gasteiger partial charge in [0.15, 0.2) is 11.5 Å². The van der Waals surface area contributed by atoms with Crippen molar-refractivity contribution in [1.82, 2.24) is 14.6 Å². The average molecular weight is 448 g/mol. The number of oxazole rings is 1. The Morgan fingerprint density at radius 3 is 2.57 bits per heavy atom. The van der Waals surface area contributed by atoms with Gasteiger partial charge < -0.3 is 9.32 Å². The number of rotatable bonds is 6. The van der Waals surface area contributed by atoms with Crippen LogP contribution in [0, 0.1) is 0 Å². The topological polar surface area (TPSA) is 92.5 Å². The molecular formula is C21H22ClN3O4S. The van der Waals surface area contributed by atoms with Gasteiger partial charge in [0, 0.05) is 32.0 Å². The van der Waals surface area contributed by atoms with Gasteiger partial charge in [-0.05, 0) is 37.1 Å². The second-order valence-corrected chi connectivity index (χ2v) is 9.40. The van der Waals surface area contributed by atoms with Crippen LogP contribution in [0.4, 0.5) is 0 Å². The average Bonchev–Trinajstić information content (AvgIpc) is 3.18. The van der Waals surface area contributed by atoms with E-state index in [0.29, 0.717) is 13.1 Å². The Balaban J connectivity index is 1.28. The minimum absolute atomic E-state index is 0.0123. The number of carbonyl (C=O) groups is 1. The summed E-state index contributed by atoms with van der Waals surface area (Å²) in [5.41, 5.74) is 1.62. The van der Waals surface area contributed by atoms with E-state index in [1.165, 1.54) is 12.1 Å². The van der Waals surface area contributed by atoms with Gasteiger partial charge >= 0.3 is 0 Å². The van der Waals surface area contributed by atoms with Crippen LogP contribution in [0.25, 0.3) is 11.1 Å². The van der Waals surface area contributed by atoms with E-state index in [9.17, 15) is 13.2 Å². The highest BCUT2D eigenvalue weighted by Gasteiger charge is 2.27. The van der Waals surface area contributed by atoms with Gasteiger partial charge in [0.2, 0.25) is 15.9 Å². The minimum atomic E-state index is -3.75. The lowest BCUT2D eigenvalue weighted by Crippen LogP contribution is -2.39. The zero-order valence-corrected chi connectivity index (χ0v) is 17.8. The third kappa shape index (κ3) is 4.50. The highest BCUT2D eigenvalue weighted by Crippen LogP contribution is 2.30. The van der Waals surface area contributed by atoms with Crippen molar-refractivity contribution < 1.29 is 17.6 Å². The van der Waals surface area contributed by atoms with Gasteiger partial charge in [-0.2, -0.15) is 0 Å². The molecule has 0 saturated carbocycles. The summed E-state index contributed by atoms with van der Waals surface area (Å²) in [5, 5.41) is 0.151. The second kappa shape index (κ2) is 8.75. The Morgan fingerprint density at radius 1 is 1.13 bits per heavy atom. The molecule has 7 nitrogen and oxygen atoms in total. The lowest BCUT2D eigenvalue weighted by Gasteiger charge is -2.30. The highest BCUT2D eigenvalue weighted by molar-refractivity contribution is 7.89. The van der Waals surface area contributed by atoms with Crippen LogP contribution in [0.2, 0.25) is 5.02 Å². The summed E-state index contributed by atoms with van der Waals surface area (Å²) in [7, 11) is -3.75. The summed E-state index contributed by atoms with van der Waals surface area (Å²) in [6.45, 7) is 1.22. The van der Waals surface area contributed by atoms with Crippen LogP contribution < -0.4 is 4.72 Å². The Morgan fingerprint density at radius 2 is 1.83 bits per heavy atom. The van der Waals surface area contributed by atoms with Crippen LogP contribution in [0.5, 0.6) is 0 Å². The van der Waals surface area contributed by atoms with Crippen LogP contribution in [-0.2, 0) is 14.8 Å². The number of nitrogens with one attached hydrogen (secondary N) is 1. The molecule has 0 atom stereocenters. The number of carbonyl (C=O) groups excluding carboxylic acids is 1. The minimum Gasteiger partial charge on any atom is -0.440 e. The van der Waals surface area contributed by atoms with Crippen molar-refractivity contribution in [2.45, 2.75) is 30.1 Å². The maximum absolute atomic E-state index is 12.5. The summed E-state index contributed by atoms with van der Waals surface area (Å²) in [5.74, 6) is 0.823. The third-order valence-corrected chi connectivity index (χ3v) is 7.23. The molecule has 2 heterocycles. The van der Waals surface area contributed by atoms with Crippen molar-refractivity contribution in [1.29, 1.82) is 0 Å². The van der Waals surface area contributed by atoms with Crippen molar-refractivity contribution in [2.75, 3.05) is 19.6 Å². The number of benzene rings is 2. The van der Waals surface area contributed by atoms with Crippen LogP contribution in [0.1, 0.15) is 31.1 Å². The number of fused-ring (bicyclic) bond motifs is 1. The molecule has 0 radical (unpaired) electrons. The standard InChI is InChI=1S/C21H22ClN3O4S/c22-16-5-1-4-8-19(16)30(27,28)23-12-9-20(26)25-13-10-15(11-14-25)21-24-17-6-2-3-7-18(17)29-21/h1-8,15,23H,9-14H2. The Hall–Kier alpha value is -2.42. The molecule has 1 aromatic heterocycles. The van der Waals surface area contributed by atoms with Gasteiger partial charge in [-0.15, -0.1) is 0 Å². The first-order valence-electron chi connectivity index (χ1n) is 9.81. The number of hydrogen-bond acceptors (Lipinski definition) is 5. The van der Waals surface area contributed by atoms with Gasteiger partial charge in [-0.3, -0.25) is 4.79 Å².